The molecule has 0 saturated carbocycles. The lowest BCUT2D eigenvalue weighted by atomic mass is 10.2. The molecule has 2 rings (SSSR count). The number of hydrogen-bond acceptors (Lipinski definition) is 4. The second-order valence-electron chi connectivity index (χ2n) is 4.07. The van der Waals surface area contributed by atoms with Crippen molar-refractivity contribution in [3.05, 3.63) is 0 Å². The van der Waals surface area contributed by atoms with Gasteiger partial charge in [-0.15, -0.1) is 0 Å². The average Bonchev–Trinajstić information content (AvgIpc) is 2.61. The summed E-state index contributed by atoms with van der Waals surface area (Å²) >= 11 is 0. The molecule has 0 radical (unpaired) electrons. The van der Waals surface area contributed by atoms with Crippen LogP contribution in [0.2, 0.25) is 0 Å². The quantitative estimate of drug-likeness (QED) is 0.656. The highest BCUT2D eigenvalue weighted by Crippen LogP contribution is 2.20. The maximum Gasteiger partial charge on any atom is 0.0991 e. The summed E-state index contributed by atoms with van der Waals surface area (Å²) in [6.07, 6.45) is 1.77. The van der Waals surface area contributed by atoms with Gasteiger partial charge in [-0.1, -0.05) is 6.92 Å². The molecule has 82 valence electrons. The van der Waals surface area contributed by atoms with E-state index in [9.17, 15) is 0 Å². The molecular formula is C10H20N2O2. The highest BCUT2D eigenvalue weighted by atomic mass is 16.6. The molecule has 0 aromatic rings. The monoisotopic (exact) mass is 200 g/mol. The van der Waals surface area contributed by atoms with Gasteiger partial charge in [-0.3, -0.25) is 0 Å². The van der Waals surface area contributed by atoms with Crippen molar-refractivity contribution in [2.75, 3.05) is 39.9 Å². The molecule has 2 aliphatic rings. The van der Waals surface area contributed by atoms with E-state index in [4.69, 9.17) is 9.47 Å². The fourth-order valence-corrected chi connectivity index (χ4v) is 2.19. The summed E-state index contributed by atoms with van der Waals surface area (Å²) in [6, 6.07) is 0. The number of nitrogens with zero attached hydrogens (tertiary/aromatic N) is 2. The molecule has 2 heterocycles. The molecule has 0 bridgehead atoms. The minimum absolute atomic E-state index is 0.294. The Bertz CT molecular complexity index is 175. The number of ether oxygens (including phenoxy) is 2. The Morgan fingerprint density at radius 1 is 1.21 bits per heavy atom. The lowest BCUT2D eigenvalue weighted by Crippen LogP contribution is -2.39. The van der Waals surface area contributed by atoms with Crippen molar-refractivity contribution in [1.82, 2.24) is 10.0 Å². The minimum atomic E-state index is 0.294. The first kappa shape index (κ1) is 10.4. The van der Waals surface area contributed by atoms with E-state index in [0.29, 0.717) is 12.2 Å². The van der Waals surface area contributed by atoms with Crippen LogP contribution in [0.3, 0.4) is 0 Å². The van der Waals surface area contributed by atoms with Crippen LogP contribution in [0.5, 0.6) is 0 Å². The van der Waals surface area contributed by atoms with Gasteiger partial charge < -0.3 is 9.47 Å². The van der Waals surface area contributed by atoms with Crippen molar-refractivity contribution >= 4 is 0 Å². The van der Waals surface area contributed by atoms with Crippen LogP contribution < -0.4 is 0 Å². The van der Waals surface area contributed by atoms with Gasteiger partial charge in [0.05, 0.1) is 25.4 Å². The van der Waals surface area contributed by atoms with Crippen LogP contribution in [0, 0.1) is 0 Å². The topological polar surface area (TPSA) is 24.9 Å². The molecular weight excluding hydrogens is 180 g/mol. The van der Waals surface area contributed by atoms with Crippen molar-refractivity contribution in [2.45, 2.75) is 25.6 Å². The molecule has 0 aromatic carbocycles. The summed E-state index contributed by atoms with van der Waals surface area (Å²) in [6.45, 7) is 6.80. The maximum absolute atomic E-state index is 5.67. The van der Waals surface area contributed by atoms with E-state index in [1.807, 2.05) is 0 Å². The Kier molecular flexibility index (Phi) is 3.38. The van der Waals surface area contributed by atoms with Crippen molar-refractivity contribution in [3.63, 3.8) is 0 Å². The van der Waals surface area contributed by atoms with Gasteiger partial charge in [-0.2, -0.15) is 0 Å². The minimum Gasteiger partial charge on any atom is -0.372 e. The third-order valence-electron chi connectivity index (χ3n) is 2.97. The first-order valence-electron chi connectivity index (χ1n) is 5.50. The zero-order valence-corrected chi connectivity index (χ0v) is 9.11. The third-order valence-corrected chi connectivity index (χ3v) is 2.97. The first-order chi connectivity index (χ1) is 6.81. The third kappa shape index (κ3) is 2.08. The molecule has 2 aliphatic heterocycles. The van der Waals surface area contributed by atoms with Crippen LogP contribution in [0.1, 0.15) is 13.3 Å². The molecule has 0 aliphatic carbocycles. The molecule has 4 heteroatoms. The van der Waals surface area contributed by atoms with Gasteiger partial charge in [0.15, 0.2) is 0 Å². The average molecular weight is 200 g/mol. The van der Waals surface area contributed by atoms with Gasteiger partial charge in [-0.25, -0.2) is 10.0 Å². The molecule has 0 amide bonds. The Balaban J connectivity index is 1.86. The maximum atomic E-state index is 5.67. The highest BCUT2D eigenvalue weighted by molar-refractivity contribution is 4.86. The molecule has 2 unspecified atom stereocenters. The highest BCUT2D eigenvalue weighted by Gasteiger charge is 2.37. The van der Waals surface area contributed by atoms with Crippen LogP contribution in [0.25, 0.3) is 0 Å². The van der Waals surface area contributed by atoms with E-state index in [1.165, 1.54) is 6.42 Å². The van der Waals surface area contributed by atoms with Gasteiger partial charge in [0, 0.05) is 26.7 Å². The SMILES string of the molecule is CCCN(C)N1CC2OCCOC2C1. The van der Waals surface area contributed by atoms with E-state index in [-0.39, 0.29) is 0 Å². The molecule has 2 saturated heterocycles. The van der Waals surface area contributed by atoms with Crippen molar-refractivity contribution in [1.29, 1.82) is 0 Å². The van der Waals surface area contributed by atoms with Crippen LogP contribution >= 0.6 is 0 Å². The Morgan fingerprint density at radius 2 is 1.79 bits per heavy atom. The van der Waals surface area contributed by atoms with Crippen molar-refractivity contribution in [3.8, 4) is 0 Å². The van der Waals surface area contributed by atoms with Crippen LogP contribution in [0.15, 0.2) is 0 Å². The summed E-state index contributed by atoms with van der Waals surface area (Å²) < 4.78 is 11.3. The van der Waals surface area contributed by atoms with E-state index in [0.717, 1.165) is 32.8 Å². The fraction of sp³-hybridized carbons (Fsp3) is 1.00. The lowest BCUT2D eigenvalue weighted by molar-refractivity contribution is -0.116. The molecule has 0 aromatic heterocycles. The summed E-state index contributed by atoms with van der Waals surface area (Å²) in [5.74, 6) is 0. The van der Waals surface area contributed by atoms with Crippen molar-refractivity contribution < 1.29 is 9.47 Å². The van der Waals surface area contributed by atoms with Crippen LogP contribution in [0.4, 0.5) is 0 Å². The standard InChI is InChI=1S/C10H20N2O2/c1-3-4-11(2)12-7-9-10(8-12)14-6-5-13-9/h9-10H,3-8H2,1-2H3. The molecule has 2 atom stereocenters. The number of hydrogen-bond donors (Lipinski definition) is 0. The zero-order chi connectivity index (χ0) is 9.97. The van der Waals surface area contributed by atoms with E-state index in [2.05, 4.69) is 24.0 Å². The number of hydrazine groups is 1. The second kappa shape index (κ2) is 4.57. The Hall–Kier alpha value is -0.160. The molecule has 0 N–H and O–H groups in total. The predicted molar refractivity (Wildman–Crippen MR) is 54.0 cm³/mol. The summed E-state index contributed by atoms with van der Waals surface area (Å²) in [4.78, 5) is 0. The number of fused-ring (bicyclic) bond motifs is 1. The first-order valence-corrected chi connectivity index (χ1v) is 5.50. The zero-order valence-electron chi connectivity index (χ0n) is 9.11. The van der Waals surface area contributed by atoms with Crippen molar-refractivity contribution in [2.24, 2.45) is 0 Å². The van der Waals surface area contributed by atoms with E-state index >= 15 is 0 Å². The fourth-order valence-electron chi connectivity index (χ4n) is 2.19. The molecule has 14 heavy (non-hydrogen) atoms. The molecule has 4 nitrogen and oxygen atoms in total. The predicted octanol–water partition coefficient (Wildman–Crippen LogP) is 0.343. The summed E-state index contributed by atoms with van der Waals surface area (Å²) in [5, 5.41) is 4.62. The van der Waals surface area contributed by atoms with E-state index in [1.54, 1.807) is 0 Å². The van der Waals surface area contributed by atoms with Gasteiger partial charge >= 0.3 is 0 Å². The number of rotatable bonds is 3. The summed E-state index contributed by atoms with van der Waals surface area (Å²) in [7, 11) is 2.14. The Labute approximate surface area is 85.7 Å². The smallest absolute Gasteiger partial charge is 0.0991 e. The van der Waals surface area contributed by atoms with Crippen LogP contribution in [-0.4, -0.2) is 62.1 Å². The normalized spacial score (nSPS) is 33.6. The van der Waals surface area contributed by atoms with Gasteiger partial charge in [0.1, 0.15) is 0 Å². The Morgan fingerprint density at radius 3 is 2.29 bits per heavy atom. The molecule has 2 fully saturated rings. The van der Waals surface area contributed by atoms with Crippen LogP contribution in [-0.2, 0) is 9.47 Å². The van der Waals surface area contributed by atoms with E-state index < -0.39 is 0 Å². The molecule has 0 spiro atoms. The summed E-state index contributed by atoms with van der Waals surface area (Å²) in [5.41, 5.74) is 0. The lowest BCUT2D eigenvalue weighted by Gasteiger charge is -2.27. The largest absolute Gasteiger partial charge is 0.372 e. The van der Waals surface area contributed by atoms with Gasteiger partial charge in [0.2, 0.25) is 0 Å². The van der Waals surface area contributed by atoms with Gasteiger partial charge in [-0.05, 0) is 6.42 Å². The van der Waals surface area contributed by atoms with Gasteiger partial charge in [0.25, 0.3) is 0 Å². The second-order valence-corrected chi connectivity index (χ2v) is 4.07.